The number of hydrogen-bond donors (Lipinski definition) is 1. The standard InChI is InChI=1S/C21H13FO5/c22-13-7-5-12(6-8-13)17(24)11-26-14-9-16(23)20-19(10-14)27-18-4-2-1-3-15(18)21(20)25/h1-10,23H,11H2. The van der Waals surface area contributed by atoms with Gasteiger partial charge in [0.1, 0.15) is 33.9 Å². The van der Waals surface area contributed by atoms with E-state index >= 15 is 0 Å². The van der Waals surface area contributed by atoms with Crippen LogP contribution in [0.2, 0.25) is 0 Å². The number of phenols is 1. The minimum atomic E-state index is -0.436. The first-order chi connectivity index (χ1) is 13.0. The second kappa shape index (κ2) is 6.57. The van der Waals surface area contributed by atoms with E-state index in [1.165, 1.54) is 36.4 Å². The van der Waals surface area contributed by atoms with Crippen LogP contribution in [0.15, 0.2) is 69.9 Å². The number of aromatic hydroxyl groups is 1. The van der Waals surface area contributed by atoms with Crippen molar-refractivity contribution in [2.24, 2.45) is 0 Å². The summed E-state index contributed by atoms with van der Waals surface area (Å²) in [7, 11) is 0. The molecule has 6 heteroatoms. The Hall–Kier alpha value is -3.67. The lowest BCUT2D eigenvalue weighted by molar-refractivity contribution is 0.0921. The van der Waals surface area contributed by atoms with Gasteiger partial charge in [0.05, 0.1) is 5.39 Å². The maximum Gasteiger partial charge on any atom is 0.204 e. The summed E-state index contributed by atoms with van der Waals surface area (Å²) in [6, 6.07) is 14.5. The number of carbonyl (C=O) groups excluding carboxylic acids is 1. The lowest BCUT2D eigenvalue weighted by atomic mass is 10.1. The summed E-state index contributed by atoms with van der Waals surface area (Å²) in [5.74, 6) is -0.908. The predicted octanol–water partition coefficient (Wildman–Crippen LogP) is 4.05. The van der Waals surface area contributed by atoms with Crippen LogP contribution in [0.1, 0.15) is 10.4 Å². The fourth-order valence-electron chi connectivity index (χ4n) is 2.83. The van der Waals surface area contributed by atoms with Gasteiger partial charge in [-0.2, -0.15) is 0 Å². The first kappa shape index (κ1) is 16.8. The molecule has 0 fully saturated rings. The first-order valence-electron chi connectivity index (χ1n) is 8.13. The zero-order valence-electron chi connectivity index (χ0n) is 13.9. The quantitative estimate of drug-likeness (QED) is 0.437. The molecule has 0 aliphatic heterocycles. The molecule has 0 bridgehead atoms. The third-order valence-corrected chi connectivity index (χ3v) is 4.17. The van der Waals surface area contributed by atoms with Gasteiger partial charge >= 0.3 is 0 Å². The Bertz CT molecular complexity index is 1230. The van der Waals surface area contributed by atoms with Crippen molar-refractivity contribution in [2.45, 2.75) is 0 Å². The van der Waals surface area contributed by atoms with Crippen molar-refractivity contribution in [2.75, 3.05) is 6.61 Å². The number of rotatable bonds is 4. The van der Waals surface area contributed by atoms with Gasteiger partial charge in [-0.25, -0.2) is 4.39 Å². The van der Waals surface area contributed by atoms with Crippen LogP contribution in [0.25, 0.3) is 21.9 Å². The normalized spacial score (nSPS) is 11.0. The average Bonchev–Trinajstić information content (AvgIpc) is 2.66. The molecule has 134 valence electrons. The molecule has 0 aliphatic carbocycles. The Morgan fingerprint density at radius 2 is 1.78 bits per heavy atom. The predicted molar refractivity (Wildman–Crippen MR) is 97.9 cm³/mol. The molecule has 27 heavy (non-hydrogen) atoms. The van der Waals surface area contributed by atoms with Crippen molar-refractivity contribution in [1.82, 2.24) is 0 Å². The zero-order valence-corrected chi connectivity index (χ0v) is 13.9. The number of carbonyl (C=O) groups is 1. The molecule has 3 aromatic carbocycles. The second-order valence-corrected chi connectivity index (χ2v) is 5.96. The molecule has 4 aromatic rings. The smallest absolute Gasteiger partial charge is 0.204 e. The fourth-order valence-corrected chi connectivity index (χ4v) is 2.83. The van der Waals surface area contributed by atoms with E-state index in [9.17, 15) is 19.1 Å². The zero-order chi connectivity index (χ0) is 19.0. The summed E-state index contributed by atoms with van der Waals surface area (Å²) >= 11 is 0. The molecule has 1 aromatic heterocycles. The van der Waals surface area contributed by atoms with Crippen LogP contribution >= 0.6 is 0 Å². The van der Waals surface area contributed by atoms with Gasteiger partial charge in [0.25, 0.3) is 0 Å². The van der Waals surface area contributed by atoms with Gasteiger partial charge in [0.2, 0.25) is 5.43 Å². The molecule has 5 nitrogen and oxygen atoms in total. The second-order valence-electron chi connectivity index (χ2n) is 5.96. The van der Waals surface area contributed by atoms with Crippen molar-refractivity contribution in [3.8, 4) is 11.5 Å². The van der Waals surface area contributed by atoms with E-state index in [1.54, 1.807) is 24.3 Å². The van der Waals surface area contributed by atoms with Gasteiger partial charge in [-0.3, -0.25) is 9.59 Å². The molecule has 1 heterocycles. The molecule has 0 saturated heterocycles. The number of hydrogen-bond acceptors (Lipinski definition) is 5. The van der Waals surface area contributed by atoms with E-state index in [0.29, 0.717) is 16.5 Å². The molecule has 0 unspecified atom stereocenters. The summed E-state index contributed by atoms with van der Waals surface area (Å²) in [6.07, 6.45) is 0. The molecular formula is C21H13FO5. The number of ketones is 1. The largest absolute Gasteiger partial charge is 0.507 e. The van der Waals surface area contributed by atoms with Gasteiger partial charge in [-0.1, -0.05) is 12.1 Å². The van der Waals surface area contributed by atoms with Gasteiger partial charge < -0.3 is 14.3 Å². The van der Waals surface area contributed by atoms with Crippen LogP contribution in [0.4, 0.5) is 4.39 Å². The monoisotopic (exact) mass is 364 g/mol. The SMILES string of the molecule is O=C(COc1cc(O)c2c(=O)c3ccccc3oc2c1)c1ccc(F)cc1. The van der Waals surface area contributed by atoms with Crippen molar-refractivity contribution < 1.29 is 23.4 Å². The number of fused-ring (bicyclic) bond motifs is 2. The molecule has 0 amide bonds. The summed E-state index contributed by atoms with van der Waals surface area (Å²) in [6.45, 7) is -0.311. The highest BCUT2D eigenvalue weighted by atomic mass is 19.1. The Kier molecular flexibility index (Phi) is 4.08. The van der Waals surface area contributed by atoms with Gasteiger partial charge in [-0.15, -0.1) is 0 Å². The maximum atomic E-state index is 12.9. The lowest BCUT2D eigenvalue weighted by Gasteiger charge is -2.08. The highest BCUT2D eigenvalue weighted by molar-refractivity contribution is 5.97. The van der Waals surface area contributed by atoms with Crippen molar-refractivity contribution in [3.63, 3.8) is 0 Å². The van der Waals surface area contributed by atoms with Crippen LogP contribution < -0.4 is 10.2 Å². The van der Waals surface area contributed by atoms with E-state index in [4.69, 9.17) is 9.15 Å². The van der Waals surface area contributed by atoms with E-state index in [-0.39, 0.29) is 40.3 Å². The number of para-hydroxylation sites is 1. The van der Waals surface area contributed by atoms with E-state index in [1.807, 2.05) is 0 Å². The summed E-state index contributed by atoms with van der Waals surface area (Å²) < 4.78 is 24.0. The lowest BCUT2D eigenvalue weighted by Crippen LogP contribution is -2.11. The average molecular weight is 364 g/mol. The number of Topliss-reactive ketones (excluding diaryl/α,β-unsaturated/α-hetero) is 1. The number of halogens is 1. The van der Waals surface area contributed by atoms with E-state index in [2.05, 4.69) is 0 Å². The Balaban J connectivity index is 1.66. The number of benzene rings is 3. The van der Waals surface area contributed by atoms with Gasteiger partial charge in [-0.05, 0) is 36.4 Å². The molecular weight excluding hydrogens is 351 g/mol. The molecule has 4 rings (SSSR count). The van der Waals surface area contributed by atoms with Gasteiger partial charge in [0, 0.05) is 17.7 Å². The summed E-state index contributed by atoms with van der Waals surface area (Å²) in [4.78, 5) is 24.7. The first-order valence-corrected chi connectivity index (χ1v) is 8.13. The highest BCUT2D eigenvalue weighted by Gasteiger charge is 2.14. The van der Waals surface area contributed by atoms with Crippen LogP contribution in [0.5, 0.6) is 11.5 Å². The molecule has 0 atom stereocenters. The topological polar surface area (TPSA) is 76.7 Å². The minimum absolute atomic E-state index is 0.0471. The van der Waals surface area contributed by atoms with Crippen LogP contribution in [0.3, 0.4) is 0 Å². The van der Waals surface area contributed by atoms with Crippen molar-refractivity contribution in [1.29, 1.82) is 0 Å². The van der Waals surface area contributed by atoms with E-state index < -0.39 is 5.82 Å². The van der Waals surface area contributed by atoms with Crippen LogP contribution in [-0.4, -0.2) is 17.5 Å². The third kappa shape index (κ3) is 3.13. The Morgan fingerprint density at radius 3 is 2.56 bits per heavy atom. The third-order valence-electron chi connectivity index (χ3n) is 4.17. The maximum absolute atomic E-state index is 12.9. The minimum Gasteiger partial charge on any atom is -0.507 e. The van der Waals surface area contributed by atoms with Crippen molar-refractivity contribution in [3.05, 3.63) is 82.3 Å². The molecule has 1 N–H and O–H groups in total. The van der Waals surface area contributed by atoms with Gasteiger partial charge in [0.15, 0.2) is 12.4 Å². The molecule has 0 saturated carbocycles. The molecule has 0 aliphatic rings. The summed E-state index contributed by atoms with van der Waals surface area (Å²) in [5, 5.41) is 10.6. The molecule has 0 spiro atoms. The number of phenolic OH excluding ortho intramolecular Hbond substituents is 1. The van der Waals surface area contributed by atoms with Crippen LogP contribution in [-0.2, 0) is 0 Å². The Labute approximate surface area is 152 Å². The number of ether oxygens (including phenoxy) is 1. The summed E-state index contributed by atoms with van der Waals surface area (Å²) in [5.41, 5.74) is 0.495. The van der Waals surface area contributed by atoms with E-state index in [0.717, 1.165) is 0 Å². The highest BCUT2D eigenvalue weighted by Crippen LogP contribution is 2.30. The fraction of sp³-hybridized carbons (Fsp3) is 0.0476. The van der Waals surface area contributed by atoms with Crippen molar-refractivity contribution >= 4 is 27.7 Å². The molecule has 0 radical (unpaired) electrons. The Morgan fingerprint density at radius 1 is 1.04 bits per heavy atom. The van der Waals surface area contributed by atoms with Crippen LogP contribution in [0, 0.1) is 5.82 Å².